The van der Waals surface area contributed by atoms with Gasteiger partial charge in [0.25, 0.3) is 0 Å². The quantitative estimate of drug-likeness (QED) is 0.738. The number of fused-ring (bicyclic) bond motifs is 1. The molecule has 0 radical (unpaired) electrons. The lowest BCUT2D eigenvalue weighted by molar-refractivity contribution is 0.335. The fourth-order valence-corrected chi connectivity index (χ4v) is 3.07. The molecule has 0 saturated heterocycles. The minimum absolute atomic E-state index is 0.328. The second-order valence-corrected chi connectivity index (χ2v) is 5.84. The Morgan fingerprint density at radius 2 is 1.91 bits per heavy atom. The van der Waals surface area contributed by atoms with Gasteiger partial charge in [0.2, 0.25) is 0 Å². The van der Waals surface area contributed by atoms with Crippen LogP contribution in [-0.2, 0) is 0 Å². The third kappa shape index (κ3) is 2.49. The van der Waals surface area contributed by atoms with Gasteiger partial charge in [-0.25, -0.2) is 8.78 Å². The van der Waals surface area contributed by atoms with Crippen molar-refractivity contribution in [2.75, 3.05) is 14.1 Å². The largest absolute Gasteiger partial charge is 0.361 e. The van der Waals surface area contributed by atoms with E-state index in [0.29, 0.717) is 10.6 Å². The first-order valence-electron chi connectivity index (χ1n) is 6.86. The molecule has 0 aliphatic carbocycles. The second-order valence-electron chi connectivity index (χ2n) is 5.44. The van der Waals surface area contributed by atoms with Crippen LogP contribution in [0, 0.1) is 11.6 Å². The highest BCUT2D eigenvalue weighted by molar-refractivity contribution is 6.31. The molecule has 22 heavy (non-hydrogen) atoms. The fourth-order valence-electron chi connectivity index (χ4n) is 2.80. The summed E-state index contributed by atoms with van der Waals surface area (Å²) in [4.78, 5) is 4.96. The van der Waals surface area contributed by atoms with Crippen LogP contribution in [0.1, 0.15) is 17.2 Å². The minimum Gasteiger partial charge on any atom is -0.361 e. The topological polar surface area (TPSA) is 19.0 Å². The standard InChI is InChI=1S/C17H15ClF2N2/c1-22(2)17(16-13(18)4-3-5-14(16)20)12-9-21-15-7-6-10(19)8-11(12)15/h3-9,17,21H,1-2H3. The number of H-pyrrole nitrogens is 1. The summed E-state index contributed by atoms with van der Waals surface area (Å²) in [5, 5.41) is 1.07. The Balaban J connectivity index is 2.25. The van der Waals surface area contributed by atoms with Gasteiger partial charge >= 0.3 is 0 Å². The Morgan fingerprint density at radius 1 is 1.14 bits per heavy atom. The SMILES string of the molecule is CN(C)C(c1c(F)cccc1Cl)c1c[nH]c2ccc(F)cc12. The van der Waals surface area contributed by atoms with Gasteiger partial charge in [-0.1, -0.05) is 17.7 Å². The molecule has 1 unspecified atom stereocenters. The van der Waals surface area contributed by atoms with Gasteiger partial charge in [-0.3, -0.25) is 4.90 Å². The first kappa shape index (κ1) is 15.0. The summed E-state index contributed by atoms with van der Waals surface area (Å²) >= 11 is 6.22. The van der Waals surface area contributed by atoms with Crippen molar-refractivity contribution in [3.05, 3.63) is 70.4 Å². The van der Waals surface area contributed by atoms with Crippen molar-refractivity contribution in [1.29, 1.82) is 0 Å². The molecule has 0 spiro atoms. The highest BCUT2D eigenvalue weighted by Crippen LogP contribution is 2.37. The van der Waals surface area contributed by atoms with E-state index in [-0.39, 0.29) is 11.6 Å². The van der Waals surface area contributed by atoms with Crippen LogP contribution in [0.3, 0.4) is 0 Å². The van der Waals surface area contributed by atoms with Gasteiger partial charge in [0.05, 0.1) is 6.04 Å². The van der Waals surface area contributed by atoms with E-state index in [1.165, 1.54) is 18.2 Å². The fraction of sp³-hybridized carbons (Fsp3) is 0.176. The number of hydrogen-bond acceptors (Lipinski definition) is 1. The van der Waals surface area contributed by atoms with E-state index < -0.39 is 6.04 Å². The maximum atomic E-state index is 14.3. The van der Waals surface area contributed by atoms with Crippen LogP contribution < -0.4 is 0 Å². The Hall–Kier alpha value is -1.91. The second kappa shape index (κ2) is 5.71. The summed E-state index contributed by atoms with van der Waals surface area (Å²) < 4.78 is 27.9. The summed E-state index contributed by atoms with van der Waals surface area (Å²) in [5.74, 6) is -0.706. The molecular formula is C17H15ClF2N2. The monoisotopic (exact) mass is 320 g/mol. The molecular weight excluding hydrogens is 306 g/mol. The summed E-state index contributed by atoms with van der Waals surface area (Å²) in [6, 6.07) is 8.71. The van der Waals surface area contributed by atoms with Gasteiger partial charge in [-0.15, -0.1) is 0 Å². The molecule has 0 aliphatic rings. The normalized spacial score (nSPS) is 13.0. The van der Waals surface area contributed by atoms with E-state index in [1.807, 2.05) is 19.0 Å². The lowest BCUT2D eigenvalue weighted by Gasteiger charge is -2.26. The summed E-state index contributed by atoms with van der Waals surface area (Å²) in [6.07, 6.45) is 1.78. The molecule has 1 aromatic heterocycles. The zero-order valence-electron chi connectivity index (χ0n) is 12.2. The van der Waals surface area contributed by atoms with Gasteiger partial charge in [-0.05, 0) is 50.0 Å². The van der Waals surface area contributed by atoms with Gasteiger partial charge in [0.15, 0.2) is 0 Å². The molecule has 3 aromatic rings. The van der Waals surface area contributed by atoms with Crippen molar-refractivity contribution in [1.82, 2.24) is 9.88 Å². The number of halogens is 3. The molecule has 3 rings (SSSR count). The van der Waals surface area contributed by atoms with E-state index in [1.54, 1.807) is 24.4 Å². The zero-order chi connectivity index (χ0) is 15.9. The van der Waals surface area contributed by atoms with Crippen molar-refractivity contribution in [2.45, 2.75) is 6.04 Å². The zero-order valence-corrected chi connectivity index (χ0v) is 13.0. The molecule has 0 aliphatic heterocycles. The van der Waals surface area contributed by atoms with E-state index in [9.17, 15) is 8.78 Å². The van der Waals surface area contributed by atoms with E-state index in [0.717, 1.165) is 16.5 Å². The number of benzene rings is 2. The maximum absolute atomic E-state index is 14.3. The van der Waals surface area contributed by atoms with Crippen LogP contribution >= 0.6 is 11.6 Å². The van der Waals surface area contributed by atoms with E-state index in [4.69, 9.17) is 11.6 Å². The van der Waals surface area contributed by atoms with Crippen molar-refractivity contribution in [2.24, 2.45) is 0 Å². The van der Waals surface area contributed by atoms with Crippen molar-refractivity contribution >= 4 is 22.5 Å². The van der Waals surface area contributed by atoms with Crippen LogP contribution in [0.15, 0.2) is 42.6 Å². The Labute approximate surface area is 132 Å². The van der Waals surface area contributed by atoms with Gasteiger partial charge in [0, 0.05) is 27.7 Å². The van der Waals surface area contributed by atoms with Crippen molar-refractivity contribution in [3.63, 3.8) is 0 Å². The number of aromatic amines is 1. The third-order valence-corrected chi connectivity index (χ3v) is 4.09. The molecule has 1 N–H and O–H groups in total. The molecule has 5 heteroatoms. The van der Waals surface area contributed by atoms with Gasteiger partial charge in [-0.2, -0.15) is 0 Å². The summed E-state index contributed by atoms with van der Waals surface area (Å²) in [6.45, 7) is 0. The maximum Gasteiger partial charge on any atom is 0.129 e. The Kier molecular flexibility index (Phi) is 3.89. The van der Waals surface area contributed by atoms with Crippen LogP contribution in [0.25, 0.3) is 10.9 Å². The highest BCUT2D eigenvalue weighted by Gasteiger charge is 2.25. The minimum atomic E-state index is -0.413. The number of rotatable bonds is 3. The van der Waals surface area contributed by atoms with Crippen LogP contribution in [0.4, 0.5) is 8.78 Å². The van der Waals surface area contributed by atoms with E-state index >= 15 is 0 Å². The average molecular weight is 321 g/mol. The molecule has 0 fully saturated rings. The van der Waals surface area contributed by atoms with Crippen molar-refractivity contribution < 1.29 is 8.78 Å². The highest BCUT2D eigenvalue weighted by atomic mass is 35.5. The van der Waals surface area contributed by atoms with Crippen LogP contribution in [0.2, 0.25) is 5.02 Å². The molecule has 1 heterocycles. The first-order valence-corrected chi connectivity index (χ1v) is 7.23. The number of hydrogen-bond donors (Lipinski definition) is 1. The average Bonchev–Trinajstić information content (AvgIpc) is 2.85. The summed E-state index contributed by atoms with van der Waals surface area (Å²) in [5.41, 5.74) is 1.97. The molecule has 2 aromatic carbocycles. The van der Waals surface area contributed by atoms with Crippen molar-refractivity contribution in [3.8, 4) is 0 Å². The van der Waals surface area contributed by atoms with Crippen LogP contribution in [0.5, 0.6) is 0 Å². The number of nitrogens with zero attached hydrogens (tertiary/aromatic N) is 1. The molecule has 0 saturated carbocycles. The van der Waals surface area contributed by atoms with E-state index in [2.05, 4.69) is 4.98 Å². The lowest BCUT2D eigenvalue weighted by Crippen LogP contribution is -2.22. The number of nitrogens with one attached hydrogen (secondary N) is 1. The smallest absolute Gasteiger partial charge is 0.129 e. The van der Waals surface area contributed by atoms with Gasteiger partial charge < -0.3 is 4.98 Å². The summed E-state index contributed by atoms with van der Waals surface area (Å²) in [7, 11) is 3.68. The molecule has 0 amide bonds. The predicted molar refractivity (Wildman–Crippen MR) is 85.2 cm³/mol. The predicted octanol–water partition coefficient (Wildman–Crippen LogP) is 4.75. The number of aromatic nitrogens is 1. The van der Waals surface area contributed by atoms with Crippen LogP contribution in [-0.4, -0.2) is 24.0 Å². The van der Waals surface area contributed by atoms with Gasteiger partial charge in [0.1, 0.15) is 11.6 Å². The third-order valence-electron chi connectivity index (χ3n) is 3.76. The first-order chi connectivity index (χ1) is 10.5. The Bertz CT molecular complexity index is 806. The lowest BCUT2D eigenvalue weighted by atomic mass is 9.96. The Morgan fingerprint density at radius 3 is 2.59 bits per heavy atom. The molecule has 2 nitrogen and oxygen atoms in total. The molecule has 114 valence electrons. The molecule has 1 atom stereocenters. The molecule has 0 bridgehead atoms.